The molecule has 1 saturated carbocycles. The lowest BCUT2D eigenvalue weighted by Gasteiger charge is -1.91. The summed E-state index contributed by atoms with van der Waals surface area (Å²) in [7, 11) is 0. The molecule has 0 amide bonds. The van der Waals surface area contributed by atoms with E-state index in [4.69, 9.17) is 6.57 Å². The van der Waals surface area contributed by atoms with Crippen molar-refractivity contribution in [3.05, 3.63) is 47.3 Å². The first-order valence-electron chi connectivity index (χ1n) is 3.83. The molecule has 0 saturated heterocycles. The lowest BCUT2D eigenvalue weighted by Crippen LogP contribution is -1.80. The van der Waals surface area contributed by atoms with Gasteiger partial charge in [-0.05, 0) is 5.56 Å². The van der Waals surface area contributed by atoms with E-state index >= 15 is 0 Å². The van der Waals surface area contributed by atoms with E-state index in [1.54, 1.807) is 0 Å². The topological polar surface area (TPSA) is 4.36 Å². The highest BCUT2D eigenvalue weighted by Gasteiger charge is 2.44. The summed E-state index contributed by atoms with van der Waals surface area (Å²) >= 11 is 0. The van der Waals surface area contributed by atoms with Crippen molar-refractivity contribution in [2.45, 2.75) is 18.4 Å². The lowest BCUT2D eigenvalue weighted by molar-refractivity contribution is 1.10. The summed E-state index contributed by atoms with van der Waals surface area (Å²) in [6.45, 7) is 6.82. The quantitative estimate of drug-likeness (QED) is 0.532. The van der Waals surface area contributed by atoms with Crippen molar-refractivity contribution >= 4 is 0 Å². The zero-order valence-electron chi connectivity index (χ0n) is 6.20. The van der Waals surface area contributed by atoms with Crippen LogP contribution in [0.15, 0.2) is 30.3 Å². The molecule has 0 N–H and O–H groups in total. The van der Waals surface area contributed by atoms with Crippen LogP contribution in [0.3, 0.4) is 0 Å². The van der Waals surface area contributed by atoms with Crippen LogP contribution in [0.25, 0.3) is 4.85 Å². The molecule has 0 aliphatic heterocycles. The van der Waals surface area contributed by atoms with Gasteiger partial charge in [0, 0.05) is 6.42 Å². The van der Waals surface area contributed by atoms with Gasteiger partial charge in [0.25, 0.3) is 0 Å². The summed E-state index contributed by atoms with van der Waals surface area (Å²) in [5.41, 5.74) is 1.33. The highest BCUT2D eigenvalue weighted by molar-refractivity contribution is 5.29. The first-order valence-corrected chi connectivity index (χ1v) is 3.83. The van der Waals surface area contributed by atoms with Gasteiger partial charge in [0.15, 0.2) is 0 Å². The van der Waals surface area contributed by atoms with Crippen molar-refractivity contribution in [3.8, 4) is 0 Å². The van der Waals surface area contributed by atoms with Crippen LogP contribution in [0.4, 0.5) is 0 Å². The van der Waals surface area contributed by atoms with Crippen molar-refractivity contribution in [1.82, 2.24) is 0 Å². The molecule has 1 aromatic rings. The molecule has 1 aliphatic carbocycles. The largest absolute Gasteiger partial charge is 0.313 e. The molecule has 0 unspecified atom stereocenters. The van der Waals surface area contributed by atoms with E-state index in [-0.39, 0.29) is 6.04 Å². The van der Waals surface area contributed by atoms with E-state index in [0.29, 0.717) is 5.92 Å². The van der Waals surface area contributed by atoms with E-state index in [9.17, 15) is 0 Å². The van der Waals surface area contributed by atoms with Crippen molar-refractivity contribution in [2.75, 3.05) is 0 Å². The van der Waals surface area contributed by atoms with Crippen LogP contribution in [-0.4, -0.2) is 6.04 Å². The normalized spacial score (nSPS) is 27.5. The smallest absolute Gasteiger partial charge is 0.231 e. The fourth-order valence-corrected chi connectivity index (χ4v) is 1.38. The van der Waals surface area contributed by atoms with Crippen LogP contribution < -0.4 is 0 Å². The van der Waals surface area contributed by atoms with E-state index < -0.39 is 0 Å². The van der Waals surface area contributed by atoms with Gasteiger partial charge in [-0.15, -0.1) is 0 Å². The standard InChI is InChI=1S/C10H9N/c1-11-10-7-9(10)8-5-3-2-4-6-8/h2-6,9-10H,7H2/t9-,10+/m1/s1. The molecule has 0 heterocycles. The molecule has 1 nitrogen and oxygen atoms in total. The molecular formula is C10H9N. The summed E-state index contributed by atoms with van der Waals surface area (Å²) < 4.78 is 0. The summed E-state index contributed by atoms with van der Waals surface area (Å²) in [5, 5.41) is 0. The first kappa shape index (κ1) is 6.42. The molecule has 1 aromatic carbocycles. The zero-order valence-corrected chi connectivity index (χ0v) is 6.20. The minimum absolute atomic E-state index is 0.275. The fraction of sp³-hybridized carbons (Fsp3) is 0.300. The predicted molar refractivity (Wildman–Crippen MR) is 44.2 cm³/mol. The van der Waals surface area contributed by atoms with Gasteiger partial charge in [-0.3, -0.25) is 0 Å². The van der Waals surface area contributed by atoms with E-state index in [0.717, 1.165) is 6.42 Å². The van der Waals surface area contributed by atoms with Crippen molar-refractivity contribution < 1.29 is 0 Å². The summed E-state index contributed by atoms with van der Waals surface area (Å²) in [6, 6.07) is 10.6. The third-order valence-electron chi connectivity index (χ3n) is 2.15. The Morgan fingerprint density at radius 1 is 1.27 bits per heavy atom. The third-order valence-corrected chi connectivity index (χ3v) is 2.15. The van der Waals surface area contributed by atoms with Gasteiger partial charge >= 0.3 is 0 Å². The maximum Gasteiger partial charge on any atom is 0.231 e. The van der Waals surface area contributed by atoms with Crippen LogP contribution in [0.5, 0.6) is 0 Å². The van der Waals surface area contributed by atoms with E-state index in [1.807, 2.05) is 18.2 Å². The van der Waals surface area contributed by atoms with Crippen molar-refractivity contribution in [3.63, 3.8) is 0 Å². The number of hydrogen-bond donors (Lipinski definition) is 0. The van der Waals surface area contributed by atoms with Crippen molar-refractivity contribution in [1.29, 1.82) is 0 Å². The summed E-state index contributed by atoms with van der Waals surface area (Å²) in [6.07, 6.45) is 1.06. The molecule has 1 heteroatoms. The van der Waals surface area contributed by atoms with Gasteiger partial charge in [-0.2, -0.15) is 0 Å². The lowest BCUT2D eigenvalue weighted by atomic mass is 10.1. The molecule has 2 rings (SSSR count). The van der Waals surface area contributed by atoms with Crippen LogP contribution in [0.2, 0.25) is 0 Å². The zero-order chi connectivity index (χ0) is 7.68. The Morgan fingerprint density at radius 2 is 2.00 bits per heavy atom. The SMILES string of the molecule is [C-]#[N+][C@H]1C[C@@H]1c1ccccc1. The van der Waals surface area contributed by atoms with Crippen molar-refractivity contribution in [2.24, 2.45) is 0 Å². The number of benzene rings is 1. The number of rotatable bonds is 1. The highest BCUT2D eigenvalue weighted by Crippen LogP contribution is 2.43. The monoisotopic (exact) mass is 143 g/mol. The second kappa shape index (κ2) is 2.39. The Balaban J connectivity index is 2.16. The fourth-order valence-electron chi connectivity index (χ4n) is 1.38. The second-order valence-corrected chi connectivity index (χ2v) is 2.95. The number of nitrogens with zero attached hydrogens (tertiary/aromatic N) is 1. The molecule has 0 spiro atoms. The minimum atomic E-state index is 0.275. The van der Waals surface area contributed by atoms with Gasteiger partial charge < -0.3 is 4.85 Å². The maximum atomic E-state index is 6.82. The van der Waals surface area contributed by atoms with Crippen LogP contribution in [0, 0.1) is 6.57 Å². The Labute approximate surface area is 66.5 Å². The molecule has 11 heavy (non-hydrogen) atoms. The van der Waals surface area contributed by atoms with E-state index in [1.165, 1.54) is 5.56 Å². The molecule has 0 radical (unpaired) electrons. The maximum absolute atomic E-state index is 6.82. The molecule has 0 bridgehead atoms. The Morgan fingerprint density at radius 3 is 2.55 bits per heavy atom. The van der Waals surface area contributed by atoms with Gasteiger partial charge in [-0.25, -0.2) is 6.57 Å². The predicted octanol–water partition coefficient (Wildman–Crippen LogP) is 2.46. The van der Waals surface area contributed by atoms with Gasteiger partial charge in [0.2, 0.25) is 6.04 Å². The average molecular weight is 143 g/mol. The van der Waals surface area contributed by atoms with Gasteiger partial charge in [0.1, 0.15) is 0 Å². The Kier molecular flexibility index (Phi) is 1.40. The molecular weight excluding hydrogens is 134 g/mol. The number of hydrogen-bond acceptors (Lipinski definition) is 0. The first-order chi connectivity index (χ1) is 5.42. The summed E-state index contributed by atoms with van der Waals surface area (Å²) in [5.74, 6) is 0.536. The van der Waals surface area contributed by atoms with Crippen LogP contribution in [-0.2, 0) is 0 Å². The van der Waals surface area contributed by atoms with Gasteiger partial charge in [-0.1, -0.05) is 30.3 Å². The molecule has 1 fully saturated rings. The van der Waals surface area contributed by atoms with Crippen LogP contribution >= 0.6 is 0 Å². The van der Waals surface area contributed by atoms with Crippen LogP contribution in [0.1, 0.15) is 17.9 Å². The minimum Gasteiger partial charge on any atom is -0.313 e. The molecule has 54 valence electrons. The second-order valence-electron chi connectivity index (χ2n) is 2.95. The third kappa shape index (κ3) is 1.12. The highest BCUT2D eigenvalue weighted by atomic mass is 14.8. The molecule has 0 aromatic heterocycles. The Hall–Kier alpha value is -1.29. The van der Waals surface area contributed by atoms with E-state index in [2.05, 4.69) is 17.0 Å². The van der Waals surface area contributed by atoms with Gasteiger partial charge in [0.05, 0.1) is 5.92 Å². The average Bonchev–Trinajstić information content (AvgIpc) is 2.85. The molecule has 2 atom stereocenters. The Bertz CT molecular complexity index is 283. The molecule has 1 aliphatic rings. The summed E-state index contributed by atoms with van der Waals surface area (Å²) in [4.78, 5) is 3.51.